The van der Waals surface area contributed by atoms with Crippen molar-refractivity contribution in [2.24, 2.45) is 23.2 Å². The molecule has 1 amide bonds. The van der Waals surface area contributed by atoms with Gasteiger partial charge >= 0.3 is 0 Å². The van der Waals surface area contributed by atoms with E-state index in [1.54, 1.807) is 6.07 Å². The Balaban J connectivity index is 1.40. The zero-order valence-corrected chi connectivity index (χ0v) is 17.2. The second-order valence-corrected chi connectivity index (χ2v) is 10.1. The van der Waals surface area contributed by atoms with Gasteiger partial charge in [0.2, 0.25) is 0 Å². The molecule has 0 unspecified atom stereocenters. The number of non-ortho nitro benzene ring substituents is 1. The molecule has 5 aliphatic rings. The van der Waals surface area contributed by atoms with Crippen LogP contribution < -0.4 is 10.2 Å². The molecule has 0 aromatic heterocycles. The van der Waals surface area contributed by atoms with Gasteiger partial charge in [0.15, 0.2) is 0 Å². The number of carbonyl (C=O) groups excluding carboxylic acids is 1. The lowest BCUT2D eigenvalue weighted by Crippen LogP contribution is -2.55. The Labute approximate surface area is 172 Å². The summed E-state index contributed by atoms with van der Waals surface area (Å²) in [5, 5.41) is 14.6. The standard InChI is InChI=1S/C23H31N3O3/c1-15(23-12-16-8-17(13-23)10-18(9-16)14-23)24-22(27)20-11-19(26(28)29)4-5-21(20)25-6-2-3-7-25/h4-5,11,15-18H,2-3,6-10,12-14H2,1H3,(H,24,27)/t15-,16?,17?,18?,23?/m0/s1. The van der Waals surface area contributed by atoms with Crippen molar-refractivity contribution >= 4 is 17.3 Å². The molecule has 4 saturated carbocycles. The second kappa shape index (κ2) is 6.99. The lowest BCUT2D eigenvalue weighted by atomic mass is 9.48. The summed E-state index contributed by atoms with van der Waals surface area (Å²) < 4.78 is 0. The van der Waals surface area contributed by atoms with Crippen LogP contribution in [0.1, 0.15) is 68.6 Å². The quantitative estimate of drug-likeness (QED) is 0.585. The third-order valence-corrected chi connectivity index (χ3v) is 8.23. The highest BCUT2D eigenvalue weighted by atomic mass is 16.6. The minimum absolute atomic E-state index is 0.0134. The first-order valence-corrected chi connectivity index (χ1v) is 11.3. The molecule has 1 aliphatic heterocycles. The SMILES string of the molecule is C[C@H](NC(=O)c1cc([N+](=O)[O-])ccc1N1CCCC1)C12CC3CC(CC(C3)C1)C2. The summed E-state index contributed by atoms with van der Waals surface area (Å²) in [6.45, 7) is 3.98. The van der Waals surface area contributed by atoms with Crippen LogP contribution in [-0.2, 0) is 0 Å². The second-order valence-electron chi connectivity index (χ2n) is 10.1. The average Bonchev–Trinajstić information content (AvgIpc) is 3.21. The molecule has 156 valence electrons. The van der Waals surface area contributed by atoms with Crippen molar-refractivity contribution in [2.75, 3.05) is 18.0 Å². The summed E-state index contributed by atoms with van der Waals surface area (Å²) in [4.78, 5) is 26.4. The molecule has 29 heavy (non-hydrogen) atoms. The maximum atomic E-state index is 13.3. The van der Waals surface area contributed by atoms with Crippen LogP contribution in [0.25, 0.3) is 0 Å². The normalized spacial score (nSPS) is 33.7. The predicted molar refractivity (Wildman–Crippen MR) is 112 cm³/mol. The summed E-state index contributed by atoms with van der Waals surface area (Å²) in [5.41, 5.74) is 1.50. The van der Waals surface area contributed by atoms with E-state index in [4.69, 9.17) is 0 Å². The average molecular weight is 398 g/mol. The molecule has 6 heteroatoms. The summed E-state index contributed by atoms with van der Waals surface area (Å²) in [6, 6.07) is 4.85. The first kappa shape index (κ1) is 18.9. The largest absolute Gasteiger partial charge is 0.371 e. The van der Waals surface area contributed by atoms with Gasteiger partial charge in [-0.2, -0.15) is 0 Å². The van der Waals surface area contributed by atoms with E-state index in [1.165, 1.54) is 50.7 Å². The lowest BCUT2D eigenvalue weighted by molar-refractivity contribution is -0.384. The predicted octanol–water partition coefficient (Wildman–Crippen LogP) is 4.53. The highest BCUT2D eigenvalue weighted by Gasteiger charge is 2.53. The number of hydrogen-bond donors (Lipinski definition) is 1. The van der Waals surface area contributed by atoms with Gasteiger partial charge in [0.1, 0.15) is 0 Å². The molecular weight excluding hydrogens is 366 g/mol. The summed E-state index contributed by atoms with van der Waals surface area (Å²) in [5.74, 6) is 2.34. The summed E-state index contributed by atoms with van der Waals surface area (Å²) in [7, 11) is 0. The van der Waals surface area contributed by atoms with E-state index >= 15 is 0 Å². The van der Waals surface area contributed by atoms with Crippen LogP contribution in [0.2, 0.25) is 0 Å². The molecule has 1 saturated heterocycles. The fourth-order valence-electron chi connectivity index (χ4n) is 7.19. The summed E-state index contributed by atoms with van der Waals surface area (Å²) >= 11 is 0. The molecule has 0 radical (unpaired) electrons. The maximum absolute atomic E-state index is 13.3. The molecule has 0 spiro atoms. The molecule has 1 N–H and O–H groups in total. The van der Waals surface area contributed by atoms with E-state index in [0.29, 0.717) is 5.56 Å². The van der Waals surface area contributed by atoms with Crippen molar-refractivity contribution in [3.8, 4) is 0 Å². The zero-order valence-electron chi connectivity index (χ0n) is 17.2. The van der Waals surface area contributed by atoms with Gasteiger partial charge in [0.25, 0.3) is 11.6 Å². The number of carbonyl (C=O) groups is 1. The topological polar surface area (TPSA) is 75.5 Å². The minimum Gasteiger partial charge on any atom is -0.371 e. The van der Waals surface area contributed by atoms with Crippen LogP contribution in [0, 0.1) is 33.3 Å². The van der Waals surface area contributed by atoms with Gasteiger partial charge in [-0.3, -0.25) is 14.9 Å². The minimum atomic E-state index is -0.410. The lowest BCUT2D eigenvalue weighted by Gasteiger charge is -2.59. The van der Waals surface area contributed by atoms with E-state index in [2.05, 4.69) is 17.1 Å². The van der Waals surface area contributed by atoms with Crippen LogP contribution >= 0.6 is 0 Å². The number of benzene rings is 1. The number of nitro benzene ring substituents is 1. The Morgan fingerprint density at radius 2 is 1.72 bits per heavy atom. The number of hydrogen-bond acceptors (Lipinski definition) is 4. The molecule has 1 atom stereocenters. The Morgan fingerprint density at radius 1 is 1.14 bits per heavy atom. The van der Waals surface area contributed by atoms with Gasteiger partial charge in [0.05, 0.1) is 16.2 Å². The van der Waals surface area contributed by atoms with E-state index < -0.39 is 4.92 Å². The summed E-state index contributed by atoms with van der Waals surface area (Å²) in [6.07, 6.45) is 10.0. The number of rotatable bonds is 5. The number of nitrogens with zero attached hydrogens (tertiary/aromatic N) is 2. The van der Waals surface area contributed by atoms with Gasteiger partial charge in [-0.1, -0.05) is 0 Å². The van der Waals surface area contributed by atoms with E-state index in [0.717, 1.165) is 49.4 Å². The Hall–Kier alpha value is -2.11. The fourth-order valence-corrected chi connectivity index (χ4v) is 7.19. The van der Waals surface area contributed by atoms with Gasteiger partial charge in [-0.05, 0) is 87.5 Å². The molecule has 1 heterocycles. The highest BCUT2D eigenvalue weighted by molar-refractivity contribution is 6.00. The van der Waals surface area contributed by atoms with Crippen molar-refractivity contribution in [3.05, 3.63) is 33.9 Å². The smallest absolute Gasteiger partial charge is 0.270 e. The maximum Gasteiger partial charge on any atom is 0.270 e. The Bertz CT molecular complexity index is 795. The first-order valence-electron chi connectivity index (χ1n) is 11.3. The third kappa shape index (κ3) is 3.30. The van der Waals surface area contributed by atoms with Crippen LogP contribution in [-0.4, -0.2) is 30.0 Å². The van der Waals surface area contributed by atoms with Crippen molar-refractivity contribution in [2.45, 2.75) is 64.3 Å². The molecule has 1 aromatic rings. The third-order valence-electron chi connectivity index (χ3n) is 8.23. The van der Waals surface area contributed by atoms with Crippen LogP contribution in [0.4, 0.5) is 11.4 Å². The zero-order chi connectivity index (χ0) is 20.2. The Kier molecular flexibility index (Phi) is 4.56. The van der Waals surface area contributed by atoms with Crippen molar-refractivity contribution in [3.63, 3.8) is 0 Å². The van der Waals surface area contributed by atoms with E-state index in [-0.39, 0.29) is 23.1 Å². The van der Waals surface area contributed by atoms with Crippen LogP contribution in [0.15, 0.2) is 18.2 Å². The number of anilines is 1. The monoisotopic (exact) mass is 397 g/mol. The molecule has 5 fully saturated rings. The number of nitro groups is 1. The van der Waals surface area contributed by atoms with Crippen molar-refractivity contribution in [1.29, 1.82) is 0 Å². The van der Waals surface area contributed by atoms with Gasteiger partial charge in [-0.15, -0.1) is 0 Å². The van der Waals surface area contributed by atoms with Crippen LogP contribution in [0.3, 0.4) is 0 Å². The van der Waals surface area contributed by atoms with E-state index in [9.17, 15) is 14.9 Å². The van der Waals surface area contributed by atoms with Crippen molar-refractivity contribution in [1.82, 2.24) is 5.32 Å². The molecule has 4 bridgehead atoms. The number of amides is 1. The fraction of sp³-hybridized carbons (Fsp3) is 0.696. The highest BCUT2D eigenvalue weighted by Crippen LogP contribution is 2.61. The van der Waals surface area contributed by atoms with Crippen LogP contribution in [0.5, 0.6) is 0 Å². The first-order chi connectivity index (χ1) is 13.9. The Morgan fingerprint density at radius 3 is 2.28 bits per heavy atom. The molecule has 1 aromatic carbocycles. The molecule has 6 rings (SSSR count). The molecule has 4 aliphatic carbocycles. The van der Waals surface area contributed by atoms with Gasteiger partial charge < -0.3 is 10.2 Å². The number of nitrogens with one attached hydrogen (secondary N) is 1. The van der Waals surface area contributed by atoms with E-state index in [1.807, 2.05) is 0 Å². The van der Waals surface area contributed by atoms with Crippen molar-refractivity contribution < 1.29 is 9.72 Å². The van der Waals surface area contributed by atoms with Gasteiger partial charge in [-0.25, -0.2) is 0 Å². The molecular formula is C23H31N3O3. The molecule has 6 nitrogen and oxygen atoms in total. The van der Waals surface area contributed by atoms with Gasteiger partial charge in [0, 0.05) is 31.3 Å².